The number of nitrogens with one attached hydrogen (secondary N) is 1. The van der Waals surface area contributed by atoms with Gasteiger partial charge in [-0.1, -0.05) is 0 Å². The molecule has 0 radical (unpaired) electrons. The van der Waals surface area contributed by atoms with E-state index < -0.39 is 7.32 Å². The lowest BCUT2D eigenvalue weighted by Crippen LogP contribution is -2.39. The Bertz CT molecular complexity index is 94.9. The van der Waals surface area contributed by atoms with Crippen molar-refractivity contribution >= 4 is 7.32 Å². The van der Waals surface area contributed by atoms with Gasteiger partial charge in [0.2, 0.25) is 0 Å². The van der Waals surface area contributed by atoms with Crippen molar-refractivity contribution in [2.75, 3.05) is 13.1 Å². The molecule has 0 amide bonds. The Labute approximate surface area is 60.4 Å². The number of piperidine rings is 1. The summed E-state index contributed by atoms with van der Waals surface area (Å²) in [6, 6.07) is 0. The second kappa shape index (κ2) is 3.93. The second-order valence-electron chi connectivity index (χ2n) is 2.43. The molecule has 1 fully saturated rings. The third-order valence-electron chi connectivity index (χ3n) is 1.57. The highest BCUT2D eigenvalue weighted by molar-refractivity contribution is 6.32. The van der Waals surface area contributed by atoms with Crippen LogP contribution in [0.25, 0.3) is 0 Å². The minimum absolute atomic E-state index is 0.0336. The first-order valence-electron chi connectivity index (χ1n) is 3.51. The van der Waals surface area contributed by atoms with E-state index in [4.69, 9.17) is 14.7 Å². The van der Waals surface area contributed by atoms with Crippen LogP contribution in [0.5, 0.6) is 0 Å². The lowest BCUT2D eigenvalue weighted by molar-refractivity contribution is 0.0985. The largest absolute Gasteiger partial charge is 0.634 e. The summed E-state index contributed by atoms with van der Waals surface area (Å²) >= 11 is 0. The summed E-state index contributed by atoms with van der Waals surface area (Å²) in [6.07, 6.45) is 1.91. The molecule has 0 aromatic carbocycles. The van der Waals surface area contributed by atoms with Gasteiger partial charge in [0.05, 0.1) is 6.10 Å². The molecule has 1 heterocycles. The number of hydrogen-bond acceptors (Lipinski definition) is 4. The highest BCUT2D eigenvalue weighted by Crippen LogP contribution is 2.05. The Morgan fingerprint density at radius 3 is 2.80 bits per heavy atom. The fourth-order valence-electron chi connectivity index (χ4n) is 1.11. The summed E-state index contributed by atoms with van der Waals surface area (Å²) in [5, 5.41) is 19.9. The van der Waals surface area contributed by atoms with Gasteiger partial charge in [-0.3, -0.25) is 0 Å². The maximum atomic E-state index is 8.41. The third kappa shape index (κ3) is 2.66. The average Bonchev–Trinajstić information content (AvgIpc) is 1.88. The number of hydrogen-bond donors (Lipinski definition) is 3. The Balaban J connectivity index is 2.13. The summed E-state index contributed by atoms with van der Waals surface area (Å²) in [5.41, 5.74) is 0. The van der Waals surface area contributed by atoms with Crippen LogP contribution in [0.3, 0.4) is 0 Å². The minimum Gasteiger partial charge on any atom is -0.402 e. The van der Waals surface area contributed by atoms with Crippen LogP contribution in [0.2, 0.25) is 0 Å². The summed E-state index contributed by atoms with van der Waals surface area (Å²) < 4.78 is 4.74. The van der Waals surface area contributed by atoms with Crippen LogP contribution < -0.4 is 5.32 Å². The first kappa shape index (κ1) is 8.01. The third-order valence-corrected chi connectivity index (χ3v) is 1.57. The molecule has 0 aliphatic carbocycles. The van der Waals surface area contributed by atoms with E-state index in [0.29, 0.717) is 0 Å². The highest BCUT2D eigenvalue weighted by atomic mass is 16.6. The van der Waals surface area contributed by atoms with Crippen molar-refractivity contribution in [1.82, 2.24) is 5.32 Å². The van der Waals surface area contributed by atoms with Crippen LogP contribution in [0.1, 0.15) is 12.8 Å². The minimum atomic E-state index is -1.62. The van der Waals surface area contributed by atoms with Gasteiger partial charge in [-0.05, 0) is 19.4 Å². The molecule has 10 heavy (non-hydrogen) atoms. The van der Waals surface area contributed by atoms with Crippen LogP contribution in [0.15, 0.2) is 0 Å². The van der Waals surface area contributed by atoms with Gasteiger partial charge in [-0.25, -0.2) is 0 Å². The molecule has 0 aromatic rings. The van der Waals surface area contributed by atoms with Crippen molar-refractivity contribution in [1.29, 1.82) is 0 Å². The summed E-state index contributed by atoms with van der Waals surface area (Å²) in [5.74, 6) is 0. The van der Waals surface area contributed by atoms with Crippen LogP contribution in [-0.4, -0.2) is 36.6 Å². The van der Waals surface area contributed by atoms with Crippen molar-refractivity contribution in [3.8, 4) is 0 Å². The Kier molecular flexibility index (Phi) is 3.14. The Hall–Kier alpha value is -0.0951. The Morgan fingerprint density at radius 1 is 1.50 bits per heavy atom. The predicted molar refractivity (Wildman–Crippen MR) is 37.2 cm³/mol. The zero-order valence-corrected chi connectivity index (χ0v) is 5.79. The van der Waals surface area contributed by atoms with Gasteiger partial charge in [-0.15, -0.1) is 0 Å². The van der Waals surface area contributed by atoms with E-state index in [1.54, 1.807) is 0 Å². The van der Waals surface area contributed by atoms with Crippen molar-refractivity contribution in [3.63, 3.8) is 0 Å². The zero-order chi connectivity index (χ0) is 7.40. The molecule has 1 atom stereocenters. The fraction of sp³-hybridized carbons (Fsp3) is 1.00. The van der Waals surface area contributed by atoms with E-state index in [1.807, 2.05) is 0 Å². The first-order valence-corrected chi connectivity index (χ1v) is 3.51. The molecule has 1 saturated heterocycles. The monoisotopic (exact) mass is 145 g/mol. The molecule has 5 heteroatoms. The van der Waals surface area contributed by atoms with Gasteiger partial charge in [-0.2, -0.15) is 0 Å². The molecule has 0 saturated carbocycles. The van der Waals surface area contributed by atoms with Crippen molar-refractivity contribution in [2.24, 2.45) is 0 Å². The molecule has 58 valence electrons. The molecule has 1 aliphatic heterocycles. The molecule has 3 N–H and O–H groups in total. The summed E-state index contributed by atoms with van der Waals surface area (Å²) in [7, 11) is -1.62. The van der Waals surface area contributed by atoms with E-state index >= 15 is 0 Å². The molecular formula is C5H12BNO3. The van der Waals surface area contributed by atoms with Gasteiger partial charge < -0.3 is 20.0 Å². The predicted octanol–water partition coefficient (Wildman–Crippen LogP) is -1.28. The average molecular weight is 145 g/mol. The van der Waals surface area contributed by atoms with E-state index in [-0.39, 0.29) is 6.10 Å². The standard InChI is InChI=1S/C5H12BNO3/c8-6(9)10-5-2-1-3-7-4-5/h5,7-9H,1-4H2. The van der Waals surface area contributed by atoms with Crippen LogP contribution in [0, 0.1) is 0 Å². The number of rotatable bonds is 2. The highest BCUT2D eigenvalue weighted by Gasteiger charge is 2.19. The van der Waals surface area contributed by atoms with Crippen LogP contribution >= 0.6 is 0 Å². The van der Waals surface area contributed by atoms with E-state index in [1.165, 1.54) is 0 Å². The van der Waals surface area contributed by atoms with Gasteiger partial charge in [0.25, 0.3) is 0 Å². The topological polar surface area (TPSA) is 61.7 Å². The van der Waals surface area contributed by atoms with Gasteiger partial charge in [0.1, 0.15) is 0 Å². The lowest BCUT2D eigenvalue weighted by atomic mass is 10.1. The molecule has 0 aromatic heterocycles. The molecule has 0 spiro atoms. The molecule has 1 unspecified atom stereocenters. The fourth-order valence-corrected chi connectivity index (χ4v) is 1.11. The maximum Gasteiger partial charge on any atom is 0.634 e. The van der Waals surface area contributed by atoms with Crippen molar-refractivity contribution in [3.05, 3.63) is 0 Å². The van der Waals surface area contributed by atoms with E-state index in [9.17, 15) is 0 Å². The Morgan fingerprint density at radius 2 is 2.30 bits per heavy atom. The normalized spacial score (nSPS) is 26.4. The smallest absolute Gasteiger partial charge is 0.402 e. The zero-order valence-electron chi connectivity index (χ0n) is 5.79. The van der Waals surface area contributed by atoms with Crippen LogP contribution in [0.4, 0.5) is 0 Å². The van der Waals surface area contributed by atoms with Crippen molar-refractivity contribution < 1.29 is 14.7 Å². The summed E-state index contributed by atoms with van der Waals surface area (Å²) in [4.78, 5) is 0. The van der Waals surface area contributed by atoms with E-state index in [0.717, 1.165) is 25.9 Å². The lowest BCUT2D eigenvalue weighted by Gasteiger charge is -2.22. The van der Waals surface area contributed by atoms with E-state index in [2.05, 4.69) is 5.32 Å². The molecule has 4 nitrogen and oxygen atoms in total. The SMILES string of the molecule is OB(O)OC1CCCNC1. The van der Waals surface area contributed by atoms with Crippen LogP contribution in [-0.2, 0) is 4.65 Å². The second-order valence-corrected chi connectivity index (χ2v) is 2.43. The summed E-state index contributed by atoms with van der Waals surface area (Å²) in [6.45, 7) is 1.72. The molecular weight excluding hydrogens is 133 g/mol. The quantitative estimate of drug-likeness (QED) is 0.423. The molecule has 1 rings (SSSR count). The van der Waals surface area contributed by atoms with Crippen molar-refractivity contribution in [2.45, 2.75) is 18.9 Å². The van der Waals surface area contributed by atoms with Gasteiger partial charge in [0.15, 0.2) is 0 Å². The first-order chi connectivity index (χ1) is 4.79. The maximum absolute atomic E-state index is 8.41. The van der Waals surface area contributed by atoms with Gasteiger partial charge in [0, 0.05) is 6.54 Å². The molecule has 0 bridgehead atoms. The van der Waals surface area contributed by atoms with Gasteiger partial charge >= 0.3 is 7.32 Å². The molecule has 1 aliphatic rings.